The highest BCUT2D eigenvalue weighted by atomic mass is 35.5. The number of nitrogens with one attached hydrogen (secondary N) is 6. The standard InChI is InChI=1S/C21H19N3O2.C20H16ClNO3.C19H17ClN2O2.C19H19N3O2.C19H19N3O/c1-3-10-26-18-7-5-6-16(13-18)24-21-19-12-15(11-17(25)4-2)8-9-20(19)22-14-23-21;1-2-3-6-14-7-4-8-15(11-14)19(24)20(25)16-9-5-10-17(12-16)22-18(23)13-21;1-2-3-6-14-7-4-9-16(11-14)22-19(24)15-8-5-10-17(12-15)21-18(23)13-20;1-3-15(23)9-13-7-8-18-17(10-13)19(21-12-20-18)22-14-5-4-6-16(11-14)24-2;1-13(2)9-14-7-8-18-17(10-14)19(21-12-20-18)22-15-5-4-6-16(11-15)23-3/h1,5-9,12-14H,4,10-11H2,2H3,(H,22,23,24);1,4-5,7-12H,3,6,13H2,(H,22,23);1,4-5,7-12H,3,6,13H2,(H,21,23)(H,22,24);4-8,10-12H,3,9H2,1-2H3,(H,20,21,22);4-8,10-12H,1,9H2,2-3H3,(H,20,21,22). The van der Waals surface area contributed by atoms with Crippen molar-refractivity contribution in [2.24, 2.45) is 0 Å². The molecule has 3 aromatic heterocycles. The van der Waals surface area contributed by atoms with Crippen molar-refractivity contribution < 1.29 is 47.8 Å². The third kappa shape index (κ3) is 28.5. The van der Waals surface area contributed by atoms with Crippen molar-refractivity contribution in [1.29, 1.82) is 0 Å². The van der Waals surface area contributed by atoms with Crippen LogP contribution in [0.2, 0.25) is 0 Å². The van der Waals surface area contributed by atoms with E-state index in [9.17, 15) is 33.6 Å². The minimum atomic E-state index is -0.643. The molecule has 0 fully saturated rings. The van der Waals surface area contributed by atoms with Crippen LogP contribution >= 0.6 is 23.2 Å². The molecule has 0 spiro atoms. The quantitative estimate of drug-likeness (QED) is 0.00773. The Kier molecular flexibility index (Phi) is 35.4. The number of carbonyl (C=O) groups is 7. The van der Waals surface area contributed by atoms with Crippen LogP contribution in [0.3, 0.4) is 0 Å². The van der Waals surface area contributed by atoms with Crippen LogP contribution in [0.15, 0.2) is 256 Å². The molecule has 6 N–H and O–H groups in total. The fourth-order valence-corrected chi connectivity index (χ4v) is 12.2. The van der Waals surface area contributed by atoms with Crippen molar-refractivity contribution in [2.45, 2.75) is 78.6 Å². The molecule has 13 rings (SSSR count). The summed E-state index contributed by atoms with van der Waals surface area (Å²) in [5.74, 6) is 9.87. The van der Waals surface area contributed by atoms with Crippen molar-refractivity contribution >= 4 is 148 Å². The van der Waals surface area contributed by atoms with Crippen LogP contribution in [0.4, 0.5) is 51.6 Å². The minimum absolute atomic E-state index is 0.138. The number of amides is 3. The predicted octanol–water partition coefficient (Wildman–Crippen LogP) is 19.5. The number of fused-ring (bicyclic) bond motifs is 3. The summed E-state index contributed by atoms with van der Waals surface area (Å²) in [5, 5.41) is 20.7. The number of benzene rings is 10. The SMILES string of the molecule is C#CCCc1cccc(C(=O)C(=O)c2cccc(NC(=O)CCl)c2)c1.C#CCCc1cccc(NC(=O)c2cccc(NC(=O)CCl)c2)c1.C#CCOc1cccc(Nc2ncnc3ccc(CC(=O)CC)cc23)c1.C=C(C)Cc1ccc2ncnc(Nc3cccc(OC)c3)c2c1.CCC(=O)Cc1ccc2ncnc(Nc3cccc(OC)c3)c2c1. The lowest BCUT2D eigenvalue weighted by atomic mass is 9.98. The predicted molar refractivity (Wildman–Crippen MR) is 487 cm³/mol. The largest absolute Gasteiger partial charge is 0.497 e. The van der Waals surface area contributed by atoms with Gasteiger partial charge in [0.1, 0.15) is 83.6 Å². The number of ketones is 4. The molecule has 10 aromatic carbocycles. The van der Waals surface area contributed by atoms with Gasteiger partial charge < -0.3 is 46.1 Å². The Morgan fingerprint density at radius 2 is 0.762 bits per heavy atom. The maximum atomic E-state index is 12.5. The number of aryl methyl sites for hydroxylation is 2. The van der Waals surface area contributed by atoms with Gasteiger partial charge in [0, 0.05) is 124 Å². The number of anilines is 9. The second kappa shape index (κ2) is 47.5. The van der Waals surface area contributed by atoms with Gasteiger partial charge in [-0.15, -0.1) is 54.3 Å². The van der Waals surface area contributed by atoms with Crippen LogP contribution < -0.4 is 46.1 Å². The summed E-state index contributed by atoms with van der Waals surface area (Å²) in [6, 6.07) is 68.0. The van der Waals surface area contributed by atoms with E-state index >= 15 is 0 Å². The van der Waals surface area contributed by atoms with E-state index < -0.39 is 11.6 Å². The summed E-state index contributed by atoms with van der Waals surface area (Å²) in [5.41, 5.74) is 14.0. The Bertz CT molecular complexity index is 6040. The first-order chi connectivity index (χ1) is 59.2. The Morgan fingerprint density at radius 1 is 0.393 bits per heavy atom. The smallest absolute Gasteiger partial charge is 0.255 e. The summed E-state index contributed by atoms with van der Waals surface area (Å²) in [6.07, 6.45) is 25.7. The fourth-order valence-electron chi connectivity index (χ4n) is 12.0. The maximum absolute atomic E-state index is 12.5. The fraction of sp³-hybridized carbons (Fsp3) is 0.173. The van der Waals surface area contributed by atoms with Crippen molar-refractivity contribution in [3.63, 3.8) is 0 Å². The number of hydrogen-bond donors (Lipinski definition) is 6. The molecule has 0 bridgehead atoms. The molecule has 3 amide bonds. The van der Waals surface area contributed by atoms with E-state index in [0.29, 0.717) is 90.5 Å². The lowest BCUT2D eigenvalue weighted by molar-refractivity contribution is -0.118. The van der Waals surface area contributed by atoms with Gasteiger partial charge >= 0.3 is 0 Å². The number of terminal acetylenes is 3. The molecular weight excluding hydrogens is 1580 g/mol. The molecule has 0 aliphatic heterocycles. The first-order valence-corrected chi connectivity index (χ1v) is 39.8. The average molecular weight is 1670 g/mol. The number of halogens is 2. The second-order valence-corrected chi connectivity index (χ2v) is 27.8. The zero-order valence-corrected chi connectivity index (χ0v) is 69.6. The molecule has 0 unspecified atom stereocenters. The van der Waals surface area contributed by atoms with Crippen molar-refractivity contribution in [2.75, 3.05) is 64.5 Å². The highest BCUT2D eigenvalue weighted by Gasteiger charge is 2.20. The van der Waals surface area contributed by atoms with Gasteiger partial charge in [0.15, 0.2) is 0 Å². The minimum Gasteiger partial charge on any atom is -0.497 e. The molecular formula is C98H90Cl2N12O10. The van der Waals surface area contributed by atoms with E-state index in [1.807, 2.05) is 166 Å². The Hall–Kier alpha value is -14.9. The third-order valence-corrected chi connectivity index (χ3v) is 18.5. The molecule has 3 heterocycles. The number of aromatic nitrogens is 6. The van der Waals surface area contributed by atoms with Gasteiger partial charge in [0.05, 0.1) is 30.8 Å². The number of alkyl halides is 2. The first-order valence-electron chi connectivity index (χ1n) is 38.7. The van der Waals surface area contributed by atoms with Crippen LogP contribution in [-0.2, 0) is 51.3 Å². The van der Waals surface area contributed by atoms with Gasteiger partial charge in [0.25, 0.3) is 5.91 Å². The van der Waals surface area contributed by atoms with Gasteiger partial charge in [-0.2, -0.15) is 0 Å². The van der Waals surface area contributed by atoms with Crippen molar-refractivity contribution in [3.05, 3.63) is 300 Å². The topological polar surface area (TPSA) is 297 Å². The number of allylic oxidation sites excluding steroid dienone is 1. The molecule has 0 radical (unpaired) electrons. The zero-order chi connectivity index (χ0) is 87.1. The monoisotopic (exact) mass is 1660 g/mol. The van der Waals surface area contributed by atoms with Crippen LogP contribution in [0.5, 0.6) is 17.2 Å². The maximum Gasteiger partial charge on any atom is 0.255 e. The molecule has 0 saturated carbocycles. The number of carbonyl (C=O) groups excluding carboxylic acids is 7. The highest BCUT2D eigenvalue weighted by Crippen LogP contribution is 2.31. The van der Waals surface area contributed by atoms with E-state index in [2.05, 4.69) is 98.3 Å². The van der Waals surface area contributed by atoms with Crippen LogP contribution in [0.25, 0.3) is 32.7 Å². The molecule has 0 atom stereocenters. The Labute approximate surface area is 719 Å². The average Bonchev–Trinajstić information content (AvgIpc) is 0.813. The Morgan fingerprint density at radius 3 is 1.18 bits per heavy atom. The Balaban J connectivity index is 0.000000173. The lowest BCUT2D eigenvalue weighted by Gasteiger charge is -2.11. The number of Topliss-reactive ketones (excluding diaryl/α,β-unsaturated/α-hetero) is 4. The van der Waals surface area contributed by atoms with Gasteiger partial charge in [-0.05, 0) is 175 Å². The molecule has 0 saturated heterocycles. The summed E-state index contributed by atoms with van der Waals surface area (Å²) in [4.78, 5) is 109. The number of ether oxygens (including phenoxy) is 3. The van der Waals surface area contributed by atoms with Gasteiger partial charge in [0.2, 0.25) is 23.4 Å². The summed E-state index contributed by atoms with van der Waals surface area (Å²) in [7, 11) is 3.29. The van der Waals surface area contributed by atoms with E-state index in [0.717, 1.165) is 108 Å². The van der Waals surface area contributed by atoms with Crippen molar-refractivity contribution in [3.8, 4) is 54.3 Å². The first kappa shape index (κ1) is 91.0. The van der Waals surface area contributed by atoms with Gasteiger partial charge in [-0.3, -0.25) is 33.6 Å². The molecule has 0 aliphatic rings. The zero-order valence-electron chi connectivity index (χ0n) is 68.0. The van der Waals surface area contributed by atoms with Gasteiger partial charge in [-0.1, -0.05) is 117 Å². The van der Waals surface area contributed by atoms with E-state index in [1.54, 1.807) is 75.1 Å². The second-order valence-electron chi connectivity index (χ2n) is 27.3. The summed E-state index contributed by atoms with van der Waals surface area (Å²) >= 11 is 10.9. The normalized spacial score (nSPS) is 10.2. The number of hydrogen-bond acceptors (Lipinski definition) is 19. The van der Waals surface area contributed by atoms with Crippen LogP contribution in [-0.4, -0.2) is 103 Å². The van der Waals surface area contributed by atoms with E-state index in [4.69, 9.17) is 56.7 Å². The van der Waals surface area contributed by atoms with E-state index in [-0.39, 0.29) is 53.2 Å². The van der Waals surface area contributed by atoms with Gasteiger partial charge in [-0.25, -0.2) is 29.9 Å². The molecule has 22 nitrogen and oxygen atoms in total. The third-order valence-electron chi connectivity index (χ3n) is 18.0. The number of rotatable bonds is 31. The molecule has 24 heteroatoms. The van der Waals surface area contributed by atoms with Crippen molar-refractivity contribution in [1.82, 2.24) is 29.9 Å². The summed E-state index contributed by atoms with van der Waals surface area (Å²) < 4.78 is 16.0. The molecule has 122 heavy (non-hydrogen) atoms. The molecule has 13 aromatic rings. The molecule has 616 valence electrons. The van der Waals surface area contributed by atoms with E-state index in [1.165, 1.54) is 30.4 Å². The number of nitrogens with zero attached hydrogens (tertiary/aromatic N) is 6. The lowest BCUT2D eigenvalue weighted by Crippen LogP contribution is -2.16. The van der Waals surface area contributed by atoms with Crippen LogP contribution in [0.1, 0.15) is 105 Å². The highest BCUT2D eigenvalue weighted by molar-refractivity contribution is 6.49. The summed E-state index contributed by atoms with van der Waals surface area (Å²) in [6.45, 7) is 9.97. The molecule has 0 aliphatic carbocycles. The van der Waals surface area contributed by atoms with Crippen LogP contribution in [0, 0.1) is 37.0 Å². The number of methoxy groups -OCH3 is 2.